The molecule has 1 heterocycles. The molecule has 0 aliphatic carbocycles. The molecule has 0 bridgehead atoms. The zero-order valence-corrected chi connectivity index (χ0v) is 10.9. The molecule has 2 aromatic rings. The summed E-state index contributed by atoms with van der Waals surface area (Å²) >= 11 is 0. The summed E-state index contributed by atoms with van der Waals surface area (Å²) in [5, 5.41) is 0. The number of benzene rings is 1. The minimum absolute atomic E-state index is 0.0805. The average molecular weight is 245 g/mol. The predicted molar refractivity (Wildman–Crippen MR) is 73.6 cm³/mol. The van der Waals surface area contributed by atoms with E-state index in [0.29, 0.717) is 12.2 Å². The summed E-state index contributed by atoms with van der Waals surface area (Å²) in [7, 11) is 1.87. The number of hydrogen-bond donors (Lipinski definition) is 1. The van der Waals surface area contributed by atoms with Crippen molar-refractivity contribution >= 4 is 5.69 Å². The molecule has 2 rings (SSSR count). The van der Waals surface area contributed by atoms with E-state index in [1.54, 1.807) is 4.68 Å². The number of aromatic nitrogens is 2. The molecule has 0 spiro atoms. The summed E-state index contributed by atoms with van der Waals surface area (Å²) in [6, 6.07) is 10.3. The van der Waals surface area contributed by atoms with Gasteiger partial charge in [0.1, 0.15) is 5.69 Å². The van der Waals surface area contributed by atoms with E-state index >= 15 is 0 Å². The summed E-state index contributed by atoms with van der Waals surface area (Å²) in [5.74, 6) is 0. The van der Waals surface area contributed by atoms with Crippen molar-refractivity contribution in [2.75, 3.05) is 5.73 Å². The first-order chi connectivity index (χ1) is 8.61. The van der Waals surface area contributed by atoms with Crippen molar-refractivity contribution in [3.05, 3.63) is 51.9 Å². The van der Waals surface area contributed by atoms with Gasteiger partial charge in [-0.2, -0.15) is 0 Å². The van der Waals surface area contributed by atoms with Crippen LogP contribution in [0.3, 0.4) is 0 Å². The largest absolute Gasteiger partial charge is 0.393 e. The van der Waals surface area contributed by atoms with Crippen molar-refractivity contribution < 1.29 is 0 Å². The Hall–Kier alpha value is -1.97. The molecule has 18 heavy (non-hydrogen) atoms. The van der Waals surface area contributed by atoms with Crippen molar-refractivity contribution in [3.63, 3.8) is 0 Å². The van der Waals surface area contributed by atoms with Gasteiger partial charge in [0.05, 0.1) is 5.69 Å². The SMILES string of the molecule is Cc1c(N)c(=O)n(CCCc2ccccc2)n1C. The van der Waals surface area contributed by atoms with E-state index in [9.17, 15) is 4.79 Å². The van der Waals surface area contributed by atoms with Crippen LogP contribution in [0.5, 0.6) is 0 Å². The average Bonchev–Trinajstić information content (AvgIpc) is 2.57. The Bertz CT molecular complexity index is 581. The highest BCUT2D eigenvalue weighted by Crippen LogP contribution is 2.07. The van der Waals surface area contributed by atoms with Crippen molar-refractivity contribution in [3.8, 4) is 0 Å². The lowest BCUT2D eigenvalue weighted by atomic mass is 10.1. The van der Waals surface area contributed by atoms with Crippen LogP contribution in [0.4, 0.5) is 5.69 Å². The highest BCUT2D eigenvalue weighted by Gasteiger charge is 2.10. The first-order valence-electron chi connectivity index (χ1n) is 6.17. The lowest BCUT2D eigenvalue weighted by molar-refractivity contribution is 0.472. The number of anilines is 1. The van der Waals surface area contributed by atoms with Gasteiger partial charge in [-0.1, -0.05) is 30.3 Å². The van der Waals surface area contributed by atoms with E-state index in [0.717, 1.165) is 18.5 Å². The summed E-state index contributed by atoms with van der Waals surface area (Å²) in [4.78, 5) is 11.9. The molecule has 0 fully saturated rings. The first-order valence-corrected chi connectivity index (χ1v) is 6.17. The van der Waals surface area contributed by atoms with Gasteiger partial charge >= 0.3 is 0 Å². The fourth-order valence-corrected chi connectivity index (χ4v) is 2.11. The van der Waals surface area contributed by atoms with Crippen LogP contribution in [0.15, 0.2) is 35.1 Å². The van der Waals surface area contributed by atoms with E-state index in [2.05, 4.69) is 12.1 Å². The van der Waals surface area contributed by atoms with Gasteiger partial charge in [0, 0.05) is 13.6 Å². The maximum Gasteiger partial charge on any atom is 0.290 e. The number of rotatable bonds is 4. The second-order valence-corrected chi connectivity index (χ2v) is 4.54. The van der Waals surface area contributed by atoms with Crippen molar-refractivity contribution in [1.29, 1.82) is 0 Å². The third-order valence-corrected chi connectivity index (χ3v) is 3.38. The van der Waals surface area contributed by atoms with Gasteiger partial charge < -0.3 is 5.73 Å². The maximum atomic E-state index is 11.9. The molecule has 0 radical (unpaired) electrons. The quantitative estimate of drug-likeness (QED) is 0.891. The Morgan fingerprint density at radius 3 is 2.44 bits per heavy atom. The topological polar surface area (TPSA) is 53.0 Å². The predicted octanol–water partition coefficient (Wildman–Crippen LogP) is 1.71. The molecule has 4 nitrogen and oxygen atoms in total. The third kappa shape index (κ3) is 2.32. The second-order valence-electron chi connectivity index (χ2n) is 4.54. The molecule has 96 valence electrons. The van der Waals surface area contributed by atoms with Crippen LogP contribution in [0.2, 0.25) is 0 Å². The van der Waals surface area contributed by atoms with Gasteiger partial charge in [0.25, 0.3) is 5.56 Å². The van der Waals surface area contributed by atoms with Gasteiger partial charge in [-0.25, -0.2) is 4.68 Å². The monoisotopic (exact) mass is 245 g/mol. The van der Waals surface area contributed by atoms with Crippen molar-refractivity contribution in [2.24, 2.45) is 7.05 Å². The summed E-state index contributed by atoms with van der Waals surface area (Å²) in [6.07, 6.45) is 1.90. The smallest absolute Gasteiger partial charge is 0.290 e. The summed E-state index contributed by atoms with van der Waals surface area (Å²) in [6.45, 7) is 2.56. The number of aryl methyl sites for hydroxylation is 1. The van der Waals surface area contributed by atoms with Crippen LogP contribution in [-0.2, 0) is 20.0 Å². The van der Waals surface area contributed by atoms with Gasteiger partial charge in [0.15, 0.2) is 0 Å². The molecular weight excluding hydrogens is 226 g/mol. The maximum absolute atomic E-state index is 11.9. The van der Waals surface area contributed by atoms with Gasteiger partial charge in [-0.15, -0.1) is 0 Å². The second kappa shape index (κ2) is 5.12. The Morgan fingerprint density at radius 2 is 1.89 bits per heavy atom. The van der Waals surface area contributed by atoms with E-state index in [1.807, 2.05) is 36.9 Å². The van der Waals surface area contributed by atoms with Crippen LogP contribution in [0, 0.1) is 6.92 Å². The van der Waals surface area contributed by atoms with E-state index in [1.165, 1.54) is 5.56 Å². The van der Waals surface area contributed by atoms with Crippen LogP contribution in [0.25, 0.3) is 0 Å². The fourth-order valence-electron chi connectivity index (χ4n) is 2.11. The highest BCUT2D eigenvalue weighted by atomic mass is 16.1. The molecule has 2 N–H and O–H groups in total. The normalized spacial score (nSPS) is 10.8. The molecule has 1 aromatic heterocycles. The van der Waals surface area contributed by atoms with Crippen molar-refractivity contribution in [1.82, 2.24) is 9.36 Å². The molecule has 0 aliphatic heterocycles. The number of hydrogen-bond acceptors (Lipinski definition) is 2. The van der Waals surface area contributed by atoms with Gasteiger partial charge in [0.2, 0.25) is 0 Å². The molecular formula is C14H19N3O. The Labute approximate surface area is 107 Å². The van der Waals surface area contributed by atoms with E-state index in [4.69, 9.17) is 5.73 Å². The van der Waals surface area contributed by atoms with E-state index in [-0.39, 0.29) is 5.56 Å². The minimum Gasteiger partial charge on any atom is -0.393 e. The summed E-state index contributed by atoms with van der Waals surface area (Å²) in [5.41, 5.74) is 8.14. The molecule has 0 amide bonds. The van der Waals surface area contributed by atoms with E-state index < -0.39 is 0 Å². The van der Waals surface area contributed by atoms with Crippen LogP contribution in [-0.4, -0.2) is 9.36 Å². The molecule has 0 saturated heterocycles. The minimum atomic E-state index is -0.0805. The Morgan fingerprint density at radius 1 is 1.22 bits per heavy atom. The fraction of sp³-hybridized carbons (Fsp3) is 0.357. The number of nitrogens with zero attached hydrogens (tertiary/aromatic N) is 2. The number of nitrogen functional groups attached to an aromatic ring is 1. The molecule has 4 heteroatoms. The molecule has 1 aromatic carbocycles. The highest BCUT2D eigenvalue weighted by molar-refractivity contribution is 5.40. The zero-order valence-electron chi connectivity index (χ0n) is 10.9. The lowest BCUT2D eigenvalue weighted by Gasteiger charge is -2.08. The van der Waals surface area contributed by atoms with Crippen LogP contribution >= 0.6 is 0 Å². The Kier molecular flexibility index (Phi) is 3.55. The van der Waals surface area contributed by atoms with Crippen LogP contribution in [0.1, 0.15) is 17.7 Å². The summed E-state index contributed by atoms with van der Waals surface area (Å²) < 4.78 is 3.54. The van der Waals surface area contributed by atoms with Crippen LogP contribution < -0.4 is 11.3 Å². The molecule has 0 saturated carbocycles. The van der Waals surface area contributed by atoms with Gasteiger partial charge in [-0.05, 0) is 25.3 Å². The molecule has 0 atom stereocenters. The third-order valence-electron chi connectivity index (χ3n) is 3.38. The van der Waals surface area contributed by atoms with Gasteiger partial charge in [-0.3, -0.25) is 9.48 Å². The Balaban J connectivity index is 2.04. The standard InChI is InChI=1S/C14H19N3O/c1-11-13(15)14(18)17(16(11)2)10-6-9-12-7-4-3-5-8-12/h3-5,7-8H,6,9-10,15H2,1-2H3. The molecule has 0 aliphatic rings. The first kappa shape index (κ1) is 12.5. The zero-order chi connectivity index (χ0) is 13.1. The van der Waals surface area contributed by atoms with Crippen molar-refractivity contribution in [2.45, 2.75) is 26.3 Å². The molecule has 0 unspecified atom stereocenters. The number of nitrogens with two attached hydrogens (primary N) is 1. The lowest BCUT2D eigenvalue weighted by Crippen LogP contribution is -2.23.